The molecule has 1 aromatic carbocycles. The number of benzene rings is 1. The van der Waals surface area contributed by atoms with Gasteiger partial charge in [0.05, 0.1) is 24.2 Å². The molecule has 0 spiro atoms. The van der Waals surface area contributed by atoms with Gasteiger partial charge in [0.15, 0.2) is 21.5 Å². The second-order valence-electron chi connectivity index (χ2n) is 3.22. The first-order valence-electron chi connectivity index (χ1n) is 4.61. The van der Waals surface area contributed by atoms with Gasteiger partial charge in [-0.2, -0.15) is 0 Å². The summed E-state index contributed by atoms with van der Waals surface area (Å²) in [5.74, 6) is -3.57. The SMILES string of the molecule is COC(=O)CCS(=O)(=O)c1ccc(F)c(F)c1. The third-order valence-corrected chi connectivity index (χ3v) is 3.77. The first kappa shape index (κ1) is 13.6. The molecule has 0 N–H and O–H groups in total. The Kier molecular flexibility index (Phi) is 4.17. The Hall–Kier alpha value is -1.50. The highest BCUT2D eigenvalue weighted by Gasteiger charge is 2.18. The van der Waals surface area contributed by atoms with Crippen LogP contribution in [0.4, 0.5) is 8.78 Å². The maximum Gasteiger partial charge on any atom is 0.306 e. The van der Waals surface area contributed by atoms with Gasteiger partial charge in [-0.25, -0.2) is 17.2 Å². The predicted octanol–water partition coefficient (Wildman–Crippen LogP) is 1.30. The Labute approximate surface area is 97.1 Å². The predicted molar refractivity (Wildman–Crippen MR) is 55.0 cm³/mol. The van der Waals surface area contributed by atoms with Crippen molar-refractivity contribution in [1.29, 1.82) is 0 Å². The van der Waals surface area contributed by atoms with E-state index in [0.29, 0.717) is 6.07 Å². The first-order chi connectivity index (χ1) is 7.86. The van der Waals surface area contributed by atoms with E-state index >= 15 is 0 Å². The van der Waals surface area contributed by atoms with E-state index in [9.17, 15) is 22.0 Å². The zero-order chi connectivity index (χ0) is 13.1. The molecule has 0 aliphatic rings. The molecule has 0 aromatic heterocycles. The molecule has 7 heteroatoms. The van der Waals surface area contributed by atoms with Gasteiger partial charge < -0.3 is 4.74 Å². The topological polar surface area (TPSA) is 60.4 Å². The first-order valence-corrected chi connectivity index (χ1v) is 6.26. The van der Waals surface area contributed by atoms with Crippen molar-refractivity contribution in [1.82, 2.24) is 0 Å². The molecule has 94 valence electrons. The molecule has 4 nitrogen and oxygen atoms in total. The summed E-state index contributed by atoms with van der Waals surface area (Å²) in [4.78, 5) is 10.4. The smallest absolute Gasteiger partial charge is 0.306 e. The fourth-order valence-corrected chi connectivity index (χ4v) is 2.34. The van der Waals surface area contributed by atoms with Crippen LogP contribution in [0.2, 0.25) is 0 Å². The third kappa shape index (κ3) is 3.48. The van der Waals surface area contributed by atoms with E-state index in [2.05, 4.69) is 4.74 Å². The monoisotopic (exact) mass is 264 g/mol. The van der Waals surface area contributed by atoms with Gasteiger partial charge in [0.1, 0.15) is 0 Å². The molecule has 17 heavy (non-hydrogen) atoms. The number of halogens is 2. The number of esters is 1. The summed E-state index contributed by atoms with van der Waals surface area (Å²) in [6.45, 7) is 0. The molecule has 1 rings (SSSR count). The van der Waals surface area contributed by atoms with E-state index < -0.39 is 33.2 Å². The normalized spacial score (nSPS) is 11.2. The molecule has 0 radical (unpaired) electrons. The Bertz CT molecular complexity index is 525. The van der Waals surface area contributed by atoms with Crippen LogP contribution in [0.15, 0.2) is 23.1 Å². The van der Waals surface area contributed by atoms with E-state index in [1.54, 1.807) is 0 Å². The second kappa shape index (κ2) is 5.22. The van der Waals surface area contributed by atoms with E-state index in [-0.39, 0.29) is 11.3 Å². The van der Waals surface area contributed by atoms with Gasteiger partial charge in [-0.15, -0.1) is 0 Å². The average molecular weight is 264 g/mol. The lowest BCUT2D eigenvalue weighted by Gasteiger charge is -2.04. The third-order valence-electron chi connectivity index (χ3n) is 2.05. The Morgan fingerprint density at radius 3 is 2.47 bits per heavy atom. The highest BCUT2D eigenvalue weighted by Crippen LogP contribution is 2.16. The minimum Gasteiger partial charge on any atom is -0.469 e. The van der Waals surface area contributed by atoms with E-state index in [1.165, 1.54) is 0 Å². The van der Waals surface area contributed by atoms with Crippen LogP contribution in [-0.4, -0.2) is 27.2 Å². The van der Waals surface area contributed by atoms with E-state index in [4.69, 9.17) is 0 Å². The molecule has 0 aliphatic heterocycles. The number of ether oxygens (including phenoxy) is 1. The summed E-state index contributed by atoms with van der Waals surface area (Å²) < 4.78 is 53.0. The van der Waals surface area contributed by atoms with Crippen molar-refractivity contribution in [2.45, 2.75) is 11.3 Å². The highest BCUT2D eigenvalue weighted by atomic mass is 32.2. The lowest BCUT2D eigenvalue weighted by atomic mass is 10.3. The molecular weight excluding hydrogens is 254 g/mol. The van der Waals surface area contributed by atoms with Crippen LogP contribution in [0.5, 0.6) is 0 Å². The summed E-state index contributed by atoms with van der Waals surface area (Å²) in [5, 5.41) is 0. The largest absolute Gasteiger partial charge is 0.469 e. The highest BCUT2D eigenvalue weighted by molar-refractivity contribution is 7.91. The zero-order valence-corrected chi connectivity index (χ0v) is 9.76. The summed E-state index contributed by atoms with van der Waals surface area (Å²) >= 11 is 0. The van der Waals surface area contributed by atoms with Gasteiger partial charge in [0.2, 0.25) is 0 Å². The average Bonchev–Trinajstić information content (AvgIpc) is 2.29. The number of carbonyl (C=O) groups is 1. The van der Waals surface area contributed by atoms with Gasteiger partial charge in [0.25, 0.3) is 0 Å². The van der Waals surface area contributed by atoms with Gasteiger partial charge in [-0.3, -0.25) is 4.79 Å². The van der Waals surface area contributed by atoms with Gasteiger partial charge >= 0.3 is 5.97 Å². The standard InChI is InChI=1S/C10H10F2O4S/c1-16-10(13)4-5-17(14,15)7-2-3-8(11)9(12)6-7/h2-3,6H,4-5H2,1H3. The number of carbonyl (C=O) groups excluding carboxylic acids is 1. The lowest BCUT2D eigenvalue weighted by molar-refractivity contribution is -0.140. The molecule has 0 fully saturated rings. The molecule has 0 heterocycles. The Morgan fingerprint density at radius 1 is 1.29 bits per heavy atom. The molecular formula is C10H10F2O4S. The van der Waals surface area contributed by atoms with Gasteiger partial charge in [0, 0.05) is 0 Å². The number of hydrogen-bond acceptors (Lipinski definition) is 4. The fraction of sp³-hybridized carbons (Fsp3) is 0.300. The van der Waals surface area contributed by atoms with Crippen molar-refractivity contribution in [2.24, 2.45) is 0 Å². The summed E-state index contributed by atoms with van der Waals surface area (Å²) in [7, 11) is -2.68. The maximum absolute atomic E-state index is 12.8. The quantitative estimate of drug-likeness (QED) is 0.607. The number of hydrogen-bond donors (Lipinski definition) is 0. The van der Waals surface area contributed by atoms with Crippen LogP contribution in [0.1, 0.15) is 6.42 Å². The van der Waals surface area contributed by atoms with E-state index in [1.807, 2.05) is 0 Å². The van der Waals surface area contributed by atoms with Crippen molar-refractivity contribution in [3.63, 3.8) is 0 Å². The summed E-state index contributed by atoms with van der Waals surface area (Å²) in [6, 6.07) is 2.26. The molecule has 0 atom stereocenters. The fourth-order valence-electron chi connectivity index (χ4n) is 1.11. The molecule has 0 bridgehead atoms. The Balaban J connectivity index is 2.90. The van der Waals surface area contributed by atoms with Crippen LogP contribution in [0.25, 0.3) is 0 Å². The minimum absolute atomic E-state index is 0.335. The molecule has 0 saturated heterocycles. The van der Waals surface area contributed by atoms with Crippen molar-refractivity contribution in [3.8, 4) is 0 Å². The van der Waals surface area contributed by atoms with Crippen LogP contribution in [-0.2, 0) is 19.4 Å². The number of sulfone groups is 1. The summed E-state index contributed by atoms with van der Waals surface area (Å²) in [6.07, 6.45) is -0.335. The van der Waals surface area contributed by atoms with Crippen molar-refractivity contribution >= 4 is 15.8 Å². The van der Waals surface area contributed by atoms with E-state index in [0.717, 1.165) is 19.2 Å². The van der Waals surface area contributed by atoms with Gasteiger partial charge in [-0.05, 0) is 18.2 Å². The number of rotatable bonds is 4. The molecule has 0 amide bonds. The molecule has 1 aromatic rings. The molecule has 0 unspecified atom stereocenters. The van der Waals surface area contributed by atoms with Crippen LogP contribution in [0, 0.1) is 11.6 Å². The minimum atomic E-state index is -3.81. The van der Waals surface area contributed by atoms with Gasteiger partial charge in [-0.1, -0.05) is 0 Å². The molecule has 0 aliphatic carbocycles. The maximum atomic E-state index is 12.8. The Morgan fingerprint density at radius 2 is 1.94 bits per heavy atom. The van der Waals surface area contributed by atoms with Crippen molar-refractivity contribution < 1.29 is 26.7 Å². The summed E-state index contributed by atoms with van der Waals surface area (Å²) in [5.41, 5.74) is 0. The molecule has 0 saturated carbocycles. The lowest BCUT2D eigenvalue weighted by Crippen LogP contribution is -2.12. The van der Waals surface area contributed by atoms with Crippen LogP contribution in [0.3, 0.4) is 0 Å². The van der Waals surface area contributed by atoms with Crippen LogP contribution >= 0.6 is 0 Å². The van der Waals surface area contributed by atoms with Crippen molar-refractivity contribution in [3.05, 3.63) is 29.8 Å². The van der Waals surface area contributed by atoms with Crippen LogP contribution < -0.4 is 0 Å². The second-order valence-corrected chi connectivity index (χ2v) is 5.33. The number of methoxy groups -OCH3 is 1. The van der Waals surface area contributed by atoms with Crippen molar-refractivity contribution in [2.75, 3.05) is 12.9 Å². The zero-order valence-electron chi connectivity index (χ0n) is 8.94.